The number of rotatable bonds is 15. The van der Waals surface area contributed by atoms with Crippen LogP contribution in [0.4, 0.5) is 0 Å². The third-order valence-electron chi connectivity index (χ3n) is 6.91. The summed E-state index contributed by atoms with van der Waals surface area (Å²) in [5.74, 6) is -1.71. The number of sulfonamides is 2. The van der Waals surface area contributed by atoms with E-state index in [-0.39, 0.29) is 18.0 Å². The second-order valence-electron chi connectivity index (χ2n) is 9.73. The Bertz CT molecular complexity index is 1580. The van der Waals surface area contributed by atoms with Crippen molar-refractivity contribution in [1.29, 1.82) is 0 Å². The largest absolute Gasteiger partial charge is 0.481 e. The van der Waals surface area contributed by atoms with E-state index in [4.69, 9.17) is 16.7 Å². The van der Waals surface area contributed by atoms with Gasteiger partial charge in [-0.15, -0.1) is 0 Å². The van der Waals surface area contributed by atoms with Crippen molar-refractivity contribution in [2.24, 2.45) is 0 Å². The van der Waals surface area contributed by atoms with Crippen molar-refractivity contribution in [2.75, 3.05) is 18.8 Å². The smallest absolute Gasteiger partial charge is 0.304 e. The number of aryl methyl sites for hydroxylation is 1. The lowest BCUT2D eigenvalue weighted by Crippen LogP contribution is -2.35. The minimum atomic E-state index is -3.99. The SMILES string of the molecule is CCc1cnccc1-c1cccc([C@H](C)N(CCCCNS(=O)(=O)CCC(=O)O)S(=O)(=O)c2cccc(Cl)c2C)c1. The van der Waals surface area contributed by atoms with Gasteiger partial charge < -0.3 is 5.11 Å². The van der Waals surface area contributed by atoms with E-state index >= 15 is 0 Å². The van der Waals surface area contributed by atoms with E-state index in [9.17, 15) is 21.6 Å². The van der Waals surface area contributed by atoms with Crippen LogP contribution in [0.1, 0.15) is 55.8 Å². The van der Waals surface area contributed by atoms with Gasteiger partial charge in [-0.25, -0.2) is 21.6 Å². The Morgan fingerprint density at radius 2 is 1.83 bits per heavy atom. The lowest BCUT2D eigenvalue weighted by Gasteiger charge is -2.30. The van der Waals surface area contributed by atoms with E-state index < -0.39 is 44.2 Å². The maximum absolute atomic E-state index is 14.0. The molecule has 12 heteroatoms. The zero-order valence-corrected chi connectivity index (χ0v) is 25.8. The molecule has 9 nitrogen and oxygen atoms in total. The molecule has 0 aliphatic rings. The number of unbranched alkanes of at least 4 members (excludes halogenated alkanes) is 1. The Kier molecular flexibility index (Phi) is 11.5. The van der Waals surface area contributed by atoms with Crippen molar-refractivity contribution in [3.05, 3.63) is 82.6 Å². The van der Waals surface area contributed by atoms with Gasteiger partial charge in [0.2, 0.25) is 20.0 Å². The fourth-order valence-corrected chi connectivity index (χ4v) is 7.73. The Labute approximate surface area is 247 Å². The van der Waals surface area contributed by atoms with Crippen LogP contribution in [0.3, 0.4) is 0 Å². The number of carboxylic acid groups (broad SMARTS) is 1. The highest BCUT2D eigenvalue weighted by Gasteiger charge is 2.31. The maximum atomic E-state index is 14.0. The number of hydrogen-bond acceptors (Lipinski definition) is 6. The molecule has 0 radical (unpaired) electrons. The van der Waals surface area contributed by atoms with Crippen molar-refractivity contribution in [1.82, 2.24) is 14.0 Å². The molecule has 0 saturated carbocycles. The monoisotopic (exact) mass is 621 g/mol. The molecule has 0 aliphatic carbocycles. The van der Waals surface area contributed by atoms with Gasteiger partial charge in [-0.1, -0.05) is 42.8 Å². The Balaban J connectivity index is 1.88. The number of nitrogens with one attached hydrogen (secondary N) is 1. The summed E-state index contributed by atoms with van der Waals surface area (Å²) in [6.07, 6.45) is 4.61. The molecule has 0 amide bonds. The summed E-state index contributed by atoms with van der Waals surface area (Å²) in [4.78, 5) is 15.0. The minimum Gasteiger partial charge on any atom is -0.481 e. The molecule has 0 fully saturated rings. The molecule has 1 atom stereocenters. The Morgan fingerprint density at radius 1 is 1.10 bits per heavy atom. The van der Waals surface area contributed by atoms with Gasteiger partial charge in [0.1, 0.15) is 0 Å². The van der Waals surface area contributed by atoms with E-state index in [1.165, 1.54) is 10.4 Å². The summed E-state index contributed by atoms with van der Waals surface area (Å²) in [6.45, 7) is 5.75. The molecule has 0 aliphatic heterocycles. The fraction of sp³-hybridized carbons (Fsp3) is 0.379. The number of pyridine rings is 1. The van der Waals surface area contributed by atoms with Gasteiger partial charge in [0, 0.05) is 36.5 Å². The summed E-state index contributed by atoms with van der Waals surface area (Å²) in [5, 5.41) is 9.09. The standard InChI is InChI=1S/C29H36ClN3O6S2/c1-4-23-20-31-16-13-26(23)25-10-7-9-24(19-25)22(3)33(41(38,39)28-12-8-11-27(30)21(28)2)17-6-5-15-32-40(36,37)18-14-29(34)35/h7-13,16,19-20,22,32H,4-6,14-15,17-18H2,1-3H3,(H,34,35)/t22-/m0/s1. The van der Waals surface area contributed by atoms with Crippen LogP contribution in [0.25, 0.3) is 11.1 Å². The van der Waals surface area contributed by atoms with E-state index in [2.05, 4.69) is 16.6 Å². The van der Waals surface area contributed by atoms with Crippen LogP contribution in [0, 0.1) is 6.92 Å². The van der Waals surface area contributed by atoms with Crippen LogP contribution >= 0.6 is 11.6 Å². The van der Waals surface area contributed by atoms with Gasteiger partial charge in [0.05, 0.1) is 17.1 Å². The van der Waals surface area contributed by atoms with Gasteiger partial charge in [-0.3, -0.25) is 9.78 Å². The number of nitrogens with zero attached hydrogens (tertiary/aromatic N) is 2. The van der Waals surface area contributed by atoms with Crippen LogP contribution in [-0.4, -0.2) is 56.0 Å². The van der Waals surface area contributed by atoms with E-state index in [1.807, 2.05) is 43.5 Å². The van der Waals surface area contributed by atoms with Gasteiger partial charge in [-0.05, 0) is 85.2 Å². The van der Waals surface area contributed by atoms with Crippen LogP contribution in [0.5, 0.6) is 0 Å². The molecule has 1 aromatic heterocycles. The van der Waals surface area contributed by atoms with Crippen molar-refractivity contribution < 1.29 is 26.7 Å². The molecule has 0 bridgehead atoms. The topological polar surface area (TPSA) is 134 Å². The third-order valence-corrected chi connectivity index (χ3v) is 10.8. The molecular weight excluding hydrogens is 586 g/mol. The molecule has 0 spiro atoms. The first-order valence-corrected chi connectivity index (χ1v) is 16.8. The van der Waals surface area contributed by atoms with Crippen LogP contribution in [0.15, 0.2) is 65.8 Å². The first-order valence-electron chi connectivity index (χ1n) is 13.4. The second-order valence-corrected chi connectivity index (χ2v) is 13.9. The van der Waals surface area contributed by atoms with Crippen LogP contribution < -0.4 is 4.72 Å². The lowest BCUT2D eigenvalue weighted by atomic mass is 9.97. The summed E-state index contributed by atoms with van der Waals surface area (Å²) in [5.41, 5.74) is 4.34. The number of carboxylic acids is 1. The average molecular weight is 622 g/mol. The first-order chi connectivity index (χ1) is 19.4. The highest BCUT2D eigenvalue weighted by atomic mass is 35.5. The van der Waals surface area contributed by atoms with Crippen molar-refractivity contribution in [2.45, 2.75) is 57.4 Å². The van der Waals surface area contributed by atoms with Crippen molar-refractivity contribution >= 4 is 37.6 Å². The van der Waals surface area contributed by atoms with Gasteiger partial charge in [-0.2, -0.15) is 4.31 Å². The number of aliphatic carboxylic acids is 1. The zero-order chi connectivity index (χ0) is 30.2. The Morgan fingerprint density at radius 3 is 2.54 bits per heavy atom. The maximum Gasteiger partial charge on any atom is 0.304 e. The average Bonchev–Trinajstić information content (AvgIpc) is 2.94. The van der Waals surface area contributed by atoms with Crippen molar-refractivity contribution in [3.63, 3.8) is 0 Å². The molecule has 0 saturated heterocycles. The molecule has 2 N–H and O–H groups in total. The highest BCUT2D eigenvalue weighted by Crippen LogP contribution is 2.33. The molecule has 3 rings (SSSR count). The lowest BCUT2D eigenvalue weighted by molar-refractivity contribution is -0.136. The van der Waals surface area contributed by atoms with Crippen LogP contribution in [0.2, 0.25) is 5.02 Å². The number of carbonyl (C=O) groups is 1. The summed E-state index contributed by atoms with van der Waals surface area (Å²) >= 11 is 6.28. The second kappa shape index (κ2) is 14.4. The van der Waals surface area contributed by atoms with E-state index in [0.717, 1.165) is 28.7 Å². The molecule has 222 valence electrons. The number of aromatic nitrogens is 1. The van der Waals surface area contributed by atoms with E-state index in [0.29, 0.717) is 23.4 Å². The molecule has 41 heavy (non-hydrogen) atoms. The Hall–Kier alpha value is -2.83. The van der Waals surface area contributed by atoms with Gasteiger partial charge >= 0.3 is 5.97 Å². The summed E-state index contributed by atoms with van der Waals surface area (Å²) in [6, 6.07) is 14.0. The minimum absolute atomic E-state index is 0.0672. The molecule has 3 aromatic rings. The normalized spacial score (nSPS) is 12.9. The fourth-order valence-electron chi connectivity index (χ4n) is 4.55. The summed E-state index contributed by atoms with van der Waals surface area (Å²) in [7, 11) is -7.73. The molecule has 1 heterocycles. The van der Waals surface area contributed by atoms with Crippen molar-refractivity contribution in [3.8, 4) is 11.1 Å². The van der Waals surface area contributed by atoms with E-state index in [1.54, 1.807) is 25.3 Å². The van der Waals surface area contributed by atoms with Crippen LogP contribution in [-0.2, 0) is 31.3 Å². The number of benzene rings is 2. The number of halogens is 1. The quantitative estimate of drug-likeness (QED) is 0.223. The third kappa shape index (κ3) is 8.59. The first kappa shape index (κ1) is 32.7. The number of hydrogen-bond donors (Lipinski definition) is 2. The predicted octanol–water partition coefficient (Wildman–Crippen LogP) is 5.20. The molecule has 2 aromatic carbocycles. The van der Waals surface area contributed by atoms with Gasteiger partial charge in [0.15, 0.2) is 0 Å². The molecular formula is C29H36ClN3O6S2. The molecule has 0 unspecified atom stereocenters. The zero-order valence-electron chi connectivity index (χ0n) is 23.4. The van der Waals surface area contributed by atoms with Gasteiger partial charge in [0.25, 0.3) is 0 Å². The summed E-state index contributed by atoms with van der Waals surface area (Å²) < 4.78 is 56.0. The highest BCUT2D eigenvalue weighted by molar-refractivity contribution is 7.89. The predicted molar refractivity (Wildman–Crippen MR) is 161 cm³/mol.